The van der Waals surface area contributed by atoms with Gasteiger partial charge in [-0.1, -0.05) is 24.3 Å². The summed E-state index contributed by atoms with van der Waals surface area (Å²) in [5, 5.41) is 5.17. The first kappa shape index (κ1) is 21.3. The molecule has 1 amide bonds. The molecule has 0 atom stereocenters. The van der Waals surface area contributed by atoms with E-state index in [-0.39, 0.29) is 18.5 Å². The number of hydrogen-bond acceptors (Lipinski definition) is 4. The lowest BCUT2D eigenvalue weighted by molar-refractivity contribution is -0.138. The van der Waals surface area contributed by atoms with Gasteiger partial charge in [0.2, 0.25) is 5.91 Å². The van der Waals surface area contributed by atoms with Crippen molar-refractivity contribution in [2.75, 3.05) is 33.2 Å². The molecule has 0 bridgehead atoms. The Morgan fingerprint density at radius 1 is 1.10 bits per heavy atom. The first-order chi connectivity index (χ1) is 14.7. The van der Waals surface area contributed by atoms with E-state index < -0.39 is 17.6 Å². The fraction of sp³-hybridized carbons (Fsp3) is 0.364. The number of carbonyl (C=O) groups is 1. The van der Waals surface area contributed by atoms with Crippen LogP contribution < -0.4 is 5.73 Å². The predicted octanol–water partition coefficient (Wildman–Crippen LogP) is 2.82. The van der Waals surface area contributed by atoms with Gasteiger partial charge in [-0.3, -0.25) is 9.69 Å². The first-order valence-electron chi connectivity index (χ1n) is 10.1. The fourth-order valence-electron chi connectivity index (χ4n) is 3.92. The smallest absolute Gasteiger partial charge is 0.369 e. The monoisotopic (exact) mass is 431 g/mol. The number of alkyl halides is 3. The molecule has 1 aromatic heterocycles. The third-order valence-electron chi connectivity index (χ3n) is 5.64. The van der Waals surface area contributed by atoms with E-state index in [0.717, 1.165) is 37.6 Å². The summed E-state index contributed by atoms with van der Waals surface area (Å²) in [5.41, 5.74) is 6.41. The summed E-state index contributed by atoms with van der Waals surface area (Å²) in [6, 6.07) is 9.64. The van der Waals surface area contributed by atoms with Crippen molar-refractivity contribution in [3.8, 4) is 5.69 Å². The minimum Gasteiger partial charge on any atom is -0.369 e. The Hall–Kier alpha value is -2.91. The summed E-state index contributed by atoms with van der Waals surface area (Å²) >= 11 is 0. The molecule has 0 aliphatic carbocycles. The van der Waals surface area contributed by atoms with E-state index in [1.807, 2.05) is 11.9 Å². The van der Waals surface area contributed by atoms with Crippen molar-refractivity contribution in [2.24, 2.45) is 5.73 Å². The van der Waals surface area contributed by atoms with Gasteiger partial charge in [-0.25, -0.2) is 4.68 Å². The topological polar surface area (TPSA) is 67.4 Å². The second-order valence-corrected chi connectivity index (χ2v) is 7.99. The number of aromatic nitrogens is 2. The number of piperazine rings is 1. The van der Waals surface area contributed by atoms with Crippen LogP contribution >= 0.6 is 0 Å². The molecule has 0 spiro atoms. The first-order valence-corrected chi connectivity index (χ1v) is 10.1. The van der Waals surface area contributed by atoms with Crippen LogP contribution in [0.5, 0.6) is 0 Å². The van der Waals surface area contributed by atoms with Gasteiger partial charge < -0.3 is 10.6 Å². The Labute approximate surface area is 178 Å². The maximum atomic E-state index is 13.9. The van der Waals surface area contributed by atoms with Crippen molar-refractivity contribution in [2.45, 2.75) is 19.1 Å². The lowest BCUT2D eigenvalue weighted by Gasteiger charge is -2.33. The number of rotatable bonds is 5. The van der Waals surface area contributed by atoms with Crippen molar-refractivity contribution in [3.05, 3.63) is 59.3 Å². The van der Waals surface area contributed by atoms with E-state index >= 15 is 0 Å². The predicted molar refractivity (Wildman–Crippen MR) is 112 cm³/mol. The quantitative estimate of drug-likeness (QED) is 0.675. The summed E-state index contributed by atoms with van der Waals surface area (Å²) in [4.78, 5) is 15.5. The molecule has 1 aliphatic rings. The highest BCUT2D eigenvalue weighted by atomic mass is 19.4. The van der Waals surface area contributed by atoms with Crippen molar-refractivity contribution >= 4 is 16.8 Å². The molecule has 9 heteroatoms. The van der Waals surface area contributed by atoms with E-state index in [1.165, 1.54) is 10.7 Å². The SMILES string of the molecule is CN1CCN(Cc2ccc(-n3cc4cccc(CC(N)=O)c4n3)cc2C(F)(F)F)CC1. The molecule has 0 radical (unpaired) electrons. The van der Waals surface area contributed by atoms with E-state index in [0.29, 0.717) is 16.8 Å². The second kappa shape index (κ2) is 8.32. The zero-order valence-corrected chi connectivity index (χ0v) is 17.2. The molecule has 1 fully saturated rings. The molecule has 0 saturated carbocycles. The van der Waals surface area contributed by atoms with Gasteiger partial charge in [0, 0.05) is 44.3 Å². The van der Waals surface area contributed by atoms with Crippen molar-refractivity contribution in [1.82, 2.24) is 19.6 Å². The number of fused-ring (bicyclic) bond motifs is 1. The van der Waals surface area contributed by atoms with Gasteiger partial charge in [0.05, 0.1) is 23.2 Å². The van der Waals surface area contributed by atoms with Crippen LogP contribution in [0.25, 0.3) is 16.6 Å². The Bertz CT molecular complexity index is 1100. The van der Waals surface area contributed by atoms with E-state index in [1.54, 1.807) is 30.5 Å². The highest BCUT2D eigenvalue weighted by Crippen LogP contribution is 2.34. The molecule has 2 heterocycles. The van der Waals surface area contributed by atoms with Gasteiger partial charge in [-0.15, -0.1) is 0 Å². The lowest BCUT2D eigenvalue weighted by Crippen LogP contribution is -2.44. The van der Waals surface area contributed by atoms with Crippen molar-refractivity contribution in [1.29, 1.82) is 0 Å². The van der Waals surface area contributed by atoms with E-state index in [2.05, 4.69) is 10.00 Å². The number of nitrogens with zero attached hydrogens (tertiary/aromatic N) is 4. The molecule has 1 aliphatic heterocycles. The number of carbonyl (C=O) groups excluding carboxylic acids is 1. The molecule has 2 N–H and O–H groups in total. The maximum absolute atomic E-state index is 13.9. The molecule has 1 saturated heterocycles. The standard InChI is InChI=1S/C22H24F3N5O/c1-28-7-9-29(10-8-28)13-16-5-6-18(12-19(16)22(23,24)25)30-14-17-4-2-3-15(11-20(26)31)21(17)27-30/h2-6,12,14H,7-11,13H2,1H3,(H2,26,31). The van der Waals surface area contributed by atoms with Gasteiger partial charge in [0.15, 0.2) is 0 Å². The molecule has 0 unspecified atom stereocenters. The molecular formula is C22H24F3N5O. The number of primary amides is 1. The number of nitrogens with two attached hydrogens (primary N) is 1. The number of likely N-dealkylation sites (N-methyl/N-ethyl adjacent to an activating group) is 1. The number of halogens is 3. The Morgan fingerprint density at radius 3 is 2.52 bits per heavy atom. The van der Waals surface area contributed by atoms with Crippen molar-refractivity contribution in [3.63, 3.8) is 0 Å². The van der Waals surface area contributed by atoms with Crippen LogP contribution in [0.2, 0.25) is 0 Å². The summed E-state index contributed by atoms with van der Waals surface area (Å²) in [7, 11) is 2.01. The average Bonchev–Trinajstić information content (AvgIpc) is 3.14. The highest BCUT2D eigenvalue weighted by molar-refractivity contribution is 5.87. The molecule has 164 valence electrons. The van der Waals surface area contributed by atoms with Gasteiger partial charge in [-0.05, 0) is 30.3 Å². The Morgan fingerprint density at radius 2 is 1.84 bits per heavy atom. The number of hydrogen-bond donors (Lipinski definition) is 1. The highest BCUT2D eigenvalue weighted by Gasteiger charge is 2.34. The van der Waals surface area contributed by atoms with Crippen LogP contribution in [0.4, 0.5) is 13.2 Å². The van der Waals surface area contributed by atoms with Crippen LogP contribution in [-0.4, -0.2) is 58.7 Å². The third-order valence-corrected chi connectivity index (χ3v) is 5.64. The second-order valence-electron chi connectivity index (χ2n) is 7.99. The Kier molecular flexibility index (Phi) is 5.72. The van der Waals surface area contributed by atoms with Gasteiger partial charge in [0.1, 0.15) is 0 Å². The summed E-state index contributed by atoms with van der Waals surface area (Å²) in [6.07, 6.45) is -2.79. The van der Waals surface area contributed by atoms with Crippen LogP contribution in [0.15, 0.2) is 42.6 Å². The minimum absolute atomic E-state index is 0.0200. The number of benzene rings is 2. The molecule has 31 heavy (non-hydrogen) atoms. The molecule has 4 rings (SSSR count). The Balaban J connectivity index is 1.68. The largest absolute Gasteiger partial charge is 0.416 e. The zero-order valence-electron chi connectivity index (χ0n) is 17.2. The van der Waals surface area contributed by atoms with Gasteiger partial charge in [-0.2, -0.15) is 18.3 Å². The normalized spacial score (nSPS) is 16.1. The van der Waals surface area contributed by atoms with E-state index in [4.69, 9.17) is 5.73 Å². The zero-order chi connectivity index (χ0) is 22.2. The third kappa shape index (κ3) is 4.72. The van der Waals surface area contributed by atoms with Crippen LogP contribution in [-0.2, 0) is 23.9 Å². The van der Waals surface area contributed by atoms with Gasteiger partial charge in [0.25, 0.3) is 0 Å². The van der Waals surface area contributed by atoms with Crippen LogP contribution in [0.3, 0.4) is 0 Å². The molecule has 6 nitrogen and oxygen atoms in total. The summed E-state index contributed by atoms with van der Waals surface area (Å²) in [5.74, 6) is -0.491. The number of amides is 1. The van der Waals surface area contributed by atoms with Crippen LogP contribution in [0, 0.1) is 0 Å². The maximum Gasteiger partial charge on any atom is 0.416 e. The molecule has 2 aromatic carbocycles. The van der Waals surface area contributed by atoms with Crippen molar-refractivity contribution < 1.29 is 18.0 Å². The van der Waals surface area contributed by atoms with Crippen LogP contribution in [0.1, 0.15) is 16.7 Å². The lowest BCUT2D eigenvalue weighted by atomic mass is 10.0. The molecular weight excluding hydrogens is 407 g/mol. The van der Waals surface area contributed by atoms with E-state index in [9.17, 15) is 18.0 Å². The average molecular weight is 431 g/mol. The molecule has 3 aromatic rings. The summed E-state index contributed by atoms with van der Waals surface area (Å²) in [6.45, 7) is 3.41. The minimum atomic E-state index is -4.47. The fourth-order valence-corrected chi connectivity index (χ4v) is 3.92. The van der Waals surface area contributed by atoms with Gasteiger partial charge >= 0.3 is 6.18 Å². The summed E-state index contributed by atoms with van der Waals surface area (Å²) < 4.78 is 43.0.